The van der Waals surface area contributed by atoms with Gasteiger partial charge in [-0.25, -0.2) is 30.1 Å². The van der Waals surface area contributed by atoms with Crippen molar-refractivity contribution in [2.24, 2.45) is 35.5 Å². The third kappa shape index (κ3) is 16.3. The van der Waals surface area contributed by atoms with Crippen LogP contribution in [0.25, 0.3) is 0 Å². The van der Waals surface area contributed by atoms with Gasteiger partial charge >= 0.3 is 11.4 Å². The number of ketones is 3. The molecule has 0 saturated heterocycles. The summed E-state index contributed by atoms with van der Waals surface area (Å²) in [5, 5.41) is 0.707. The lowest BCUT2D eigenvalue weighted by Crippen LogP contribution is -2.38. The number of benzene rings is 2. The lowest BCUT2D eigenvalue weighted by atomic mass is 9.74. The molecule has 2 fully saturated rings. The van der Waals surface area contributed by atoms with E-state index in [9.17, 15) is 19.2 Å². The minimum atomic E-state index is -1.72. The topological polar surface area (TPSA) is 68.3 Å². The summed E-state index contributed by atoms with van der Waals surface area (Å²) < 4.78 is 2.15. The first-order valence-corrected chi connectivity index (χ1v) is 31.8. The predicted octanol–water partition coefficient (Wildman–Crippen LogP) is 13.9. The molecule has 0 heterocycles. The van der Waals surface area contributed by atoms with Crippen molar-refractivity contribution < 1.29 is 19.2 Å². The van der Waals surface area contributed by atoms with Gasteiger partial charge in [0.25, 0.3) is 5.24 Å². The second kappa shape index (κ2) is 24.6. The van der Waals surface area contributed by atoms with Gasteiger partial charge in [-0.1, -0.05) is 123 Å². The molecule has 0 spiro atoms. The van der Waals surface area contributed by atoms with E-state index in [4.69, 9.17) is 30.1 Å². The van der Waals surface area contributed by atoms with Crippen LogP contribution in [0, 0.1) is 35.5 Å². The van der Waals surface area contributed by atoms with Gasteiger partial charge in [0.15, 0.2) is 5.78 Å². The molecule has 4 aliphatic carbocycles. The second-order valence-corrected chi connectivity index (χ2v) is 31.4. The molecule has 0 amide bonds. The van der Waals surface area contributed by atoms with E-state index in [1.807, 2.05) is 6.07 Å². The van der Waals surface area contributed by atoms with Crippen molar-refractivity contribution in [3.63, 3.8) is 0 Å². The van der Waals surface area contributed by atoms with Crippen molar-refractivity contribution in [1.29, 1.82) is 0 Å². The summed E-state index contributed by atoms with van der Waals surface area (Å²) in [5.74, 6) is 4.07. The van der Waals surface area contributed by atoms with Crippen LogP contribution < -0.4 is 5.19 Å². The van der Waals surface area contributed by atoms with Crippen molar-refractivity contribution in [3.8, 4) is 0 Å². The Morgan fingerprint density at radius 3 is 1.30 bits per heavy atom. The molecule has 0 aliphatic heterocycles. The van der Waals surface area contributed by atoms with Crippen LogP contribution in [0.15, 0.2) is 33.2 Å². The van der Waals surface area contributed by atoms with Crippen molar-refractivity contribution in [3.05, 3.63) is 61.0 Å². The summed E-state index contributed by atoms with van der Waals surface area (Å²) in [7, 11) is 13.6. The number of fused-ring (bicyclic) bond motifs is 2. The van der Waals surface area contributed by atoms with Crippen LogP contribution >= 0.6 is 73.6 Å². The molecule has 4 nitrogen and oxygen atoms in total. The molecule has 6 rings (SSSR count). The maximum absolute atomic E-state index is 12.1. The van der Waals surface area contributed by atoms with Crippen molar-refractivity contribution in [2.75, 3.05) is 0 Å². The molecule has 316 valence electrons. The summed E-state index contributed by atoms with van der Waals surface area (Å²) in [6, 6.07) is 9.07. The molecule has 0 aromatic heterocycles. The van der Waals surface area contributed by atoms with Gasteiger partial charge in [0.1, 0.15) is 0 Å². The number of Topliss-reactive ketones (excluding diaryl/α,β-unsaturated/α-hetero) is 3. The van der Waals surface area contributed by atoms with Crippen LogP contribution in [0.5, 0.6) is 0 Å². The molecule has 2 aromatic rings. The lowest BCUT2D eigenvalue weighted by molar-refractivity contribution is -0.130. The largest absolute Gasteiger partial charge is 0.643 e. The van der Waals surface area contributed by atoms with Crippen LogP contribution in [-0.4, -0.2) is 42.1 Å². The molecule has 4 aliphatic rings. The smallest absolute Gasteiger partial charge is 0.291 e. The van der Waals surface area contributed by atoms with Gasteiger partial charge in [-0.15, -0.1) is 0 Å². The van der Waals surface area contributed by atoms with Crippen LogP contribution in [0.1, 0.15) is 137 Å². The van der Waals surface area contributed by atoms with Gasteiger partial charge in [-0.05, 0) is 144 Å². The highest BCUT2D eigenvalue weighted by Gasteiger charge is 2.34. The molecule has 2 saturated carbocycles. The van der Waals surface area contributed by atoms with E-state index in [0.29, 0.717) is 5.56 Å². The second-order valence-electron chi connectivity index (χ2n) is 17.9. The number of hydrogen-bond donors (Lipinski definition) is 0. The van der Waals surface area contributed by atoms with Crippen LogP contribution in [0.3, 0.4) is 0 Å². The molecule has 2 atom stereocenters. The predicted molar refractivity (Wildman–Crippen MR) is 254 cm³/mol. The van der Waals surface area contributed by atoms with Gasteiger partial charge in [-0.2, -0.15) is 0 Å². The fourth-order valence-electron chi connectivity index (χ4n) is 9.67. The number of rotatable bonds is 10. The standard InChI is InChI=1S/C21H27BrO2.C21H33BrSi.C3H3ClO2.Al.3ClH/c1-3-4-14-5-7-15(8-6-14)16-9-17-11-19(21(24)13(2)23)20(22)12-18(17)10-16;1-5-6-15-7-9-16(10-8-15)17-11-18-13-20(22)21(23(2,3)4)14-19(18)12-17;1-2(5)3(4)6;;;;/h11-12,14-16H,3-10H2,1-2H3;13-17H,5-12H2,1-4H3;1H3;;3*1H/q;;;+3;;;/p-3. The van der Waals surface area contributed by atoms with Crippen molar-refractivity contribution in [1.82, 2.24) is 0 Å². The molecular weight excluding hydrogens is 961 g/mol. The zero-order valence-corrected chi connectivity index (χ0v) is 43.4. The number of carbonyl (C=O) groups excluding carboxylic acids is 4. The third-order valence-electron chi connectivity index (χ3n) is 12.7. The number of hydrogen-bond acceptors (Lipinski definition) is 4. The Hall–Kier alpha value is -0.0106. The monoisotopic (exact) mass is 1020 g/mol. The summed E-state index contributed by atoms with van der Waals surface area (Å²) >= 11 is 10.3. The fourth-order valence-corrected chi connectivity index (χ4v) is 13.8. The van der Waals surface area contributed by atoms with E-state index in [0.717, 1.165) is 59.7 Å². The molecule has 0 N–H and O–H groups in total. The Morgan fingerprint density at radius 2 is 0.965 bits per heavy atom. The number of halogens is 6. The summed E-state index contributed by atoms with van der Waals surface area (Å²) in [6.07, 6.45) is 21.9. The highest BCUT2D eigenvalue weighted by Crippen LogP contribution is 2.43. The Kier molecular flexibility index (Phi) is 22.1. The van der Waals surface area contributed by atoms with E-state index in [1.54, 1.807) is 16.3 Å². The first-order chi connectivity index (χ1) is 26.7. The quantitative estimate of drug-likeness (QED) is 0.103. The van der Waals surface area contributed by atoms with Crippen LogP contribution in [0.4, 0.5) is 0 Å². The normalized spacial score (nSPS) is 23.6. The average molecular weight is 1020 g/mol. The minimum absolute atomic E-state index is 0.381. The SMILES string of the molecule is CC(=O)C(=O)Cl.CCCC1CCC(C2Cc3cc(Br)c(C(=O)C(C)=O)cc3C2)CC1.CCCC1CCC(C2Cc3cc(Br)c([Si](C)(C)C)cc3C2)CC1.[Cl][Al]([Cl])[Cl]. The fraction of sp³-hybridized carbons (Fsp3) is 0.644. The zero-order chi connectivity index (χ0) is 42.6. The average Bonchev–Trinajstić information content (AvgIpc) is 3.75. The summed E-state index contributed by atoms with van der Waals surface area (Å²) in [5.41, 5.74) is 6.49. The highest BCUT2D eigenvalue weighted by atomic mass is 79.9. The molecule has 0 bridgehead atoms. The minimum Gasteiger partial charge on any atom is -0.291 e. The Bertz CT molecular complexity index is 1670. The Morgan fingerprint density at radius 1 is 0.614 bits per heavy atom. The van der Waals surface area contributed by atoms with E-state index in [2.05, 4.69) is 95.1 Å². The van der Waals surface area contributed by atoms with E-state index in [1.165, 1.54) is 112 Å². The maximum Gasteiger partial charge on any atom is 0.643 e. The third-order valence-corrected chi connectivity index (χ3v) is 16.6. The van der Waals surface area contributed by atoms with Gasteiger partial charge in [-0.3, -0.25) is 19.2 Å². The Balaban J connectivity index is 0.000000247. The van der Waals surface area contributed by atoms with Crippen LogP contribution in [0.2, 0.25) is 19.6 Å². The van der Waals surface area contributed by atoms with Gasteiger partial charge in [0, 0.05) is 28.4 Å². The first-order valence-electron chi connectivity index (χ1n) is 21.1. The molecule has 57 heavy (non-hydrogen) atoms. The van der Waals surface area contributed by atoms with Crippen molar-refractivity contribution in [2.45, 2.75) is 150 Å². The van der Waals surface area contributed by atoms with E-state index in [-0.39, 0.29) is 11.6 Å². The van der Waals surface area contributed by atoms with E-state index >= 15 is 0 Å². The molecule has 12 heteroatoms. The van der Waals surface area contributed by atoms with Gasteiger partial charge in [0.2, 0.25) is 11.6 Å². The maximum atomic E-state index is 12.1. The summed E-state index contributed by atoms with van der Waals surface area (Å²) in [6.45, 7) is 14.5. The molecule has 0 radical (unpaired) electrons. The lowest BCUT2D eigenvalue weighted by Gasteiger charge is -2.32. The van der Waals surface area contributed by atoms with Gasteiger partial charge < -0.3 is 0 Å². The molecule has 2 unspecified atom stereocenters. The van der Waals surface area contributed by atoms with E-state index < -0.39 is 30.5 Å². The Labute approximate surface area is 383 Å². The van der Waals surface area contributed by atoms with Crippen LogP contribution in [-0.2, 0) is 40.1 Å². The van der Waals surface area contributed by atoms with Crippen molar-refractivity contribution >= 4 is 121 Å². The molecular formula is C45H63AlBr2Cl4O4Si. The highest BCUT2D eigenvalue weighted by molar-refractivity contribution is 9.11. The molecule has 2 aromatic carbocycles. The summed E-state index contributed by atoms with van der Waals surface area (Å²) in [4.78, 5) is 42.7. The van der Waals surface area contributed by atoms with Gasteiger partial charge in [0.05, 0.1) is 8.07 Å². The first kappa shape index (κ1) is 51.3. The zero-order valence-electron chi connectivity index (χ0n) is 35.1. The number of carbonyl (C=O) groups is 4.